The molecule has 2 nitrogen and oxygen atoms in total. The topological polar surface area (TPSA) is 24.4 Å². The molecule has 0 spiro atoms. The van der Waals surface area contributed by atoms with Crippen LogP contribution in [0.3, 0.4) is 0 Å². The predicted octanol–water partition coefficient (Wildman–Crippen LogP) is 1.91. The Kier molecular flexibility index (Phi) is 4.51. The number of nitrogens with zero attached hydrogens (tertiary/aromatic N) is 1. The van der Waals surface area contributed by atoms with Crippen LogP contribution in [0.1, 0.15) is 26.7 Å². The lowest BCUT2D eigenvalue weighted by Crippen LogP contribution is -2.33. The molecule has 0 radical (unpaired) electrons. The average Bonchev–Trinajstić information content (AvgIpc) is 2.53. The van der Waals surface area contributed by atoms with Gasteiger partial charge in [-0.2, -0.15) is 11.8 Å². The minimum absolute atomic E-state index is 0.576. The van der Waals surface area contributed by atoms with E-state index in [9.17, 15) is 0 Å². The van der Waals surface area contributed by atoms with Crippen LogP contribution in [0, 0.1) is 0 Å². The molecule has 0 aromatic heterocycles. The molecule has 70 valence electrons. The summed E-state index contributed by atoms with van der Waals surface area (Å²) >= 11 is 1.98. The predicted molar refractivity (Wildman–Crippen MR) is 57.1 cm³/mol. The number of hydrogen-bond donors (Lipinski definition) is 1. The van der Waals surface area contributed by atoms with Gasteiger partial charge < -0.3 is 5.32 Å². The molecular weight excluding hydrogens is 168 g/mol. The molecule has 3 heteroatoms. The third-order valence-electron chi connectivity index (χ3n) is 1.86. The second kappa shape index (κ2) is 5.46. The monoisotopic (exact) mass is 186 g/mol. The summed E-state index contributed by atoms with van der Waals surface area (Å²) < 4.78 is 0. The van der Waals surface area contributed by atoms with Crippen molar-refractivity contribution in [3.05, 3.63) is 0 Å². The molecule has 0 aromatic carbocycles. The van der Waals surface area contributed by atoms with Gasteiger partial charge in [-0.1, -0.05) is 6.92 Å². The molecule has 1 N–H and O–H groups in total. The summed E-state index contributed by atoms with van der Waals surface area (Å²) in [6, 6.07) is 0.576. The van der Waals surface area contributed by atoms with Crippen LogP contribution in [0.15, 0.2) is 4.99 Å². The van der Waals surface area contributed by atoms with Crippen LogP contribution in [-0.4, -0.2) is 29.9 Å². The van der Waals surface area contributed by atoms with Crippen LogP contribution >= 0.6 is 11.8 Å². The van der Waals surface area contributed by atoms with E-state index in [2.05, 4.69) is 24.2 Å². The Labute approximate surface area is 79.2 Å². The van der Waals surface area contributed by atoms with Crippen molar-refractivity contribution < 1.29 is 0 Å². The molecule has 0 bridgehead atoms. The Bertz CT molecular complexity index is 157. The van der Waals surface area contributed by atoms with Gasteiger partial charge in [0.1, 0.15) is 0 Å². The molecule has 1 aliphatic heterocycles. The van der Waals surface area contributed by atoms with Crippen molar-refractivity contribution >= 4 is 17.6 Å². The number of nitrogens with one attached hydrogen (secondary N) is 1. The molecule has 0 saturated heterocycles. The molecule has 1 aliphatic rings. The zero-order chi connectivity index (χ0) is 8.81. The zero-order valence-corrected chi connectivity index (χ0v) is 8.78. The lowest BCUT2D eigenvalue weighted by molar-refractivity contribution is 0.736. The van der Waals surface area contributed by atoms with Gasteiger partial charge in [0.2, 0.25) is 0 Å². The highest BCUT2D eigenvalue weighted by atomic mass is 32.2. The fourth-order valence-electron chi connectivity index (χ4n) is 1.28. The highest BCUT2D eigenvalue weighted by Crippen LogP contribution is 2.05. The van der Waals surface area contributed by atoms with Crippen molar-refractivity contribution in [1.82, 2.24) is 5.32 Å². The van der Waals surface area contributed by atoms with Crippen LogP contribution in [0.5, 0.6) is 0 Å². The minimum atomic E-state index is 0.576. The van der Waals surface area contributed by atoms with Gasteiger partial charge in [-0.15, -0.1) is 0 Å². The third-order valence-corrected chi connectivity index (χ3v) is 3.00. The number of hydrogen-bond acceptors (Lipinski definition) is 3. The van der Waals surface area contributed by atoms with Crippen LogP contribution in [0.25, 0.3) is 0 Å². The molecular formula is C9H18N2S. The van der Waals surface area contributed by atoms with E-state index in [-0.39, 0.29) is 0 Å². The second-order valence-corrected chi connectivity index (χ2v) is 4.46. The van der Waals surface area contributed by atoms with E-state index in [1.165, 1.54) is 23.8 Å². The summed E-state index contributed by atoms with van der Waals surface area (Å²) in [7, 11) is 0. The maximum Gasteiger partial charge on any atom is 0.0966 e. The van der Waals surface area contributed by atoms with E-state index >= 15 is 0 Å². The first kappa shape index (κ1) is 9.90. The average molecular weight is 186 g/mol. The van der Waals surface area contributed by atoms with Crippen LogP contribution in [0.2, 0.25) is 0 Å². The van der Waals surface area contributed by atoms with Crippen molar-refractivity contribution in [3.8, 4) is 0 Å². The highest BCUT2D eigenvalue weighted by molar-refractivity contribution is 7.99. The largest absolute Gasteiger partial charge is 0.371 e. The molecule has 0 aliphatic carbocycles. The first-order valence-corrected chi connectivity index (χ1v) is 5.86. The Morgan fingerprint density at radius 1 is 1.67 bits per heavy atom. The Morgan fingerprint density at radius 2 is 2.50 bits per heavy atom. The summed E-state index contributed by atoms with van der Waals surface area (Å²) in [5.41, 5.74) is 0. The fourth-order valence-corrected chi connectivity index (χ4v) is 1.95. The maximum atomic E-state index is 4.38. The molecule has 0 saturated carbocycles. The van der Waals surface area contributed by atoms with Gasteiger partial charge in [0.25, 0.3) is 0 Å². The maximum absolute atomic E-state index is 4.38. The molecule has 0 amide bonds. The van der Waals surface area contributed by atoms with Gasteiger partial charge in [0.05, 0.1) is 5.84 Å². The zero-order valence-electron chi connectivity index (χ0n) is 7.97. The second-order valence-electron chi connectivity index (χ2n) is 3.14. The lowest BCUT2D eigenvalue weighted by Gasteiger charge is -2.13. The number of amidine groups is 1. The minimum Gasteiger partial charge on any atom is -0.371 e. The van der Waals surface area contributed by atoms with Gasteiger partial charge in [-0.3, -0.25) is 4.99 Å². The Morgan fingerprint density at radius 3 is 3.08 bits per heavy atom. The Hall–Kier alpha value is -0.180. The van der Waals surface area contributed by atoms with E-state index < -0.39 is 0 Å². The summed E-state index contributed by atoms with van der Waals surface area (Å²) in [6.45, 7) is 5.45. The number of thioether (sulfide) groups is 1. The van der Waals surface area contributed by atoms with Gasteiger partial charge in [0.15, 0.2) is 0 Å². The molecule has 1 rings (SSSR count). The van der Waals surface area contributed by atoms with E-state index in [0.717, 1.165) is 13.0 Å². The summed E-state index contributed by atoms with van der Waals surface area (Å²) in [5, 5.41) is 3.44. The summed E-state index contributed by atoms with van der Waals surface area (Å²) in [6.07, 6.45) is 2.39. The van der Waals surface area contributed by atoms with Gasteiger partial charge in [-0.25, -0.2) is 0 Å². The summed E-state index contributed by atoms with van der Waals surface area (Å²) in [5.74, 6) is 3.62. The molecule has 1 unspecified atom stereocenters. The summed E-state index contributed by atoms with van der Waals surface area (Å²) in [4.78, 5) is 4.38. The first-order valence-electron chi connectivity index (χ1n) is 4.70. The van der Waals surface area contributed by atoms with E-state index in [1.54, 1.807) is 0 Å². The van der Waals surface area contributed by atoms with Crippen molar-refractivity contribution in [2.45, 2.75) is 32.7 Å². The van der Waals surface area contributed by atoms with Crippen LogP contribution in [0.4, 0.5) is 0 Å². The van der Waals surface area contributed by atoms with Gasteiger partial charge in [0, 0.05) is 24.8 Å². The number of aliphatic imine (C=N–C) groups is 1. The SMILES string of the molecule is CCSCC(C)NC1=NCCC1. The fraction of sp³-hybridized carbons (Fsp3) is 0.889. The highest BCUT2D eigenvalue weighted by Gasteiger charge is 2.08. The lowest BCUT2D eigenvalue weighted by atomic mass is 10.3. The molecule has 0 fully saturated rings. The Balaban J connectivity index is 2.12. The van der Waals surface area contributed by atoms with Gasteiger partial charge >= 0.3 is 0 Å². The molecule has 1 heterocycles. The normalized spacial score (nSPS) is 19.0. The van der Waals surface area contributed by atoms with Gasteiger partial charge in [-0.05, 0) is 19.1 Å². The van der Waals surface area contributed by atoms with E-state index in [4.69, 9.17) is 0 Å². The molecule has 12 heavy (non-hydrogen) atoms. The third kappa shape index (κ3) is 3.48. The van der Waals surface area contributed by atoms with Crippen molar-refractivity contribution in [2.24, 2.45) is 4.99 Å². The van der Waals surface area contributed by atoms with Crippen molar-refractivity contribution in [1.29, 1.82) is 0 Å². The van der Waals surface area contributed by atoms with Crippen molar-refractivity contribution in [3.63, 3.8) is 0 Å². The van der Waals surface area contributed by atoms with E-state index in [0.29, 0.717) is 6.04 Å². The van der Waals surface area contributed by atoms with E-state index in [1.807, 2.05) is 11.8 Å². The van der Waals surface area contributed by atoms with Crippen LogP contribution in [-0.2, 0) is 0 Å². The molecule has 1 atom stereocenters. The standard InChI is InChI=1S/C9H18N2S/c1-3-12-7-8(2)11-9-5-4-6-10-9/h8H,3-7H2,1-2H3,(H,10,11). The first-order chi connectivity index (χ1) is 5.83. The van der Waals surface area contributed by atoms with Crippen molar-refractivity contribution in [2.75, 3.05) is 18.1 Å². The number of rotatable bonds is 4. The quantitative estimate of drug-likeness (QED) is 0.725. The van der Waals surface area contributed by atoms with Crippen LogP contribution < -0.4 is 5.32 Å². The molecule has 0 aromatic rings. The smallest absolute Gasteiger partial charge is 0.0966 e.